The molecule has 0 aliphatic carbocycles. The summed E-state index contributed by atoms with van der Waals surface area (Å²) in [4.78, 5) is 19.9. The maximum atomic E-state index is 12.7. The fourth-order valence-electron chi connectivity index (χ4n) is 2.59. The van der Waals surface area contributed by atoms with Gasteiger partial charge >= 0.3 is 0 Å². The van der Waals surface area contributed by atoms with Crippen LogP contribution in [0.25, 0.3) is 0 Å². The van der Waals surface area contributed by atoms with Crippen LogP contribution in [0.15, 0.2) is 6.20 Å². The molecule has 1 amide bonds. The lowest BCUT2D eigenvalue weighted by atomic mass is 9.77. The van der Waals surface area contributed by atoms with E-state index >= 15 is 0 Å². The van der Waals surface area contributed by atoms with Crippen LogP contribution in [-0.4, -0.2) is 29.0 Å². The van der Waals surface area contributed by atoms with Gasteiger partial charge in [0, 0.05) is 0 Å². The normalized spacial score (nSPS) is 21.2. The summed E-state index contributed by atoms with van der Waals surface area (Å²) in [6.45, 7) is 1.35. The summed E-state index contributed by atoms with van der Waals surface area (Å²) in [6.07, 6.45) is -0.526. The molecule has 96 valence electrons. The van der Waals surface area contributed by atoms with Crippen LogP contribution in [0.3, 0.4) is 0 Å². The van der Waals surface area contributed by atoms with E-state index < -0.39 is 11.8 Å². The largest absolute Gasteiger partial charge is 0.317 e. The molecule has 0 radical (unpaired) electrons. The predicted octanol–water partition coefficient (Wildman–Crippen LogP) is 0.987. The van der Waals surface area contributed by atoms with Gasteiger partial charge < -0.3 is 10.6 Å². The Kier molecular flexibility index (Phi) is 2.51. The number of nitrogens with zero attached hydrogens (tertiary/aromatic N) is 2. The predicted molar refractivity (Wildman–Crippen MR) is 59.4 cm³/mol. The molecule has 3 rings (SSSR count). The lowest BCUT2D eigenvalue weighted by molar-refractivity contribution is -0.121. The number of hydrogen-bond donors (Lipinski definition) is 2. The maximum absolute atomic E-state index is 12.7. The zero-order valence-corrected chi connectivity index (χ0v) is 9.54. The molecule has 0 aromatic carbocycles. The molecule has 1 spiro atoms. The van der Waals surface area contributed by atoms with Crippen LogP contribution in [0.5, 0.6) is 0 Å². The third kappa shape index (κ3) is 1.50. The second-order valence-corrected chi connectivity index (χ2v) is 4.58. The fourth-order valence-corrected chi connectivity index (χ4v) is 2.59. The number of carbonyl (C=O) groups excluding carboxylic acids is 1. The number of nitrogens with one attached hydrogen (secondary N) is 2. The number of aromatic nitrogens is 2. The van der Waals surface area contributed by atoms with Crippen molar-refractivity contribution in [2.24, 2.45) is 0 Å². The van der Waals surface area contributed by atoms with Crippen LogP contribution in [-0.2, 0) is 10.2 Å². The summed E-state index contributed by atoms with van der Waals surface area (Å²) in [6, 6.07) is 0. The Morgan fingerprint density at radius 1 is 1.33 bits per heavy atom. The molecule has 0 saturated carbocycles. The monoisotopic (exact) mass is 254 g/mol. The molecule has 18 heavy (non-hydrogen) atoms. The van der Waals surface area contributed by atoms with Crippen molar-refractivity contribution in [3.63, 3.8) is 0 Å². The van der Waals surface area contributed by atoms with Gasteiger partial charge in [0.05, 0.1) is 17.3 Å². The van der Waals surface area contributed by atoms with Crippen molar-refractivity contribution in [3.8, 4) is 0 Å². The summed E-state index contributed by atoms with van der Waals surface area (Å²) < 4.78 is 25.3. The zero-order valence-electron chi connectivity index (χ0n) is 9.54. The van der Waals surface area contributed by atoms with Crippen molar-refractivity contribution in [1.29, 1.82) is 0 Å². The minimum absolute atomic E-state index is 0.176. The average Bonchev–Trinajstić information content (AvgIpc) is 2.63. The summed E-state index contributed by atoms with van der Waals surface area (Å²) in [5.41, 5.74) is -0.770. The molecule has 1 saturated heterocycles. The number of hydrogen-bond acceptors (Lipinski definition) is 4. The van der Waals surface area contributed by atoms with Crippen LogP contribution in [0.4, 0.5) is 14.6 Å². The number of halogens is 2. The van der Waals surface area contributed by atoms with E-state index in [1.54, 1.807) is 0 Å². The molecule has 3 heterocycles. The Balaban J connectivity index is 2.09. The first-order valence-electron chi connectivity index (χ1n) is 5.81. The van der Waals surface area contributed by atoms with Gasteiger partial charge in [0.25, 0.3) is 6.43 Å². The van der Waals surface area contributed by atoms with Crippen molar-refractivity contribution >= 4 is 11.7 Å². The minimum Gasteiger partial charge on any atom is -0.317 e. The summed E-state index contributed by atoms with van der Waals surface area (Å²) >= 11 is 0. The third-order valence-electron chi connectivity index (χ3n) is 3.59. The number of piperidine rings is 1. The molecule has 0 bridgehead atoms. The molecule has 1 aromatic heterocycles. The van der Waals surface area contributed by atoms with Gasteiger partial charge in [0.1, 0.15) is 5.69 Å². The first-order valence-corrected chi connectivity index (χ1v) is 5.81. The van der Waals surface area contributed by atoms with Crippen LogP contribution < -0.4 is 10.6 Å². The number of alkyl halides is 2. The SMILES string of the molecule is O=C1Nc2ncc(C(F)F)nc2C12CCNCC2. The van der Waals surface area contributed by atoms with E-state index in [1.807, 2.05) is 0 Å². The van der Waals surface area contributed by atoms with Gasteiger partial charge in [-0.1, -0.05) is 0 Å². The summed E-state index contributed by atoms with van der Waals surface area (Å²) in [5.74, 6) is 0.150. The first kappa shape index (κ1) is 11.5. The molecule has 1 aromatic rings. The average molecular weight is 254 g/mol. The Labute approximate surface area is 102 Å². The van der Waals surface area contributed by atoms with E-state index in [-0.39, 0.29) is 11.6 Å². The van der Waals surface area contributed by atoms with Crippen molar-refractivity contribution in [3.05, 3.63) is 17.6 Å². The highest BCUT2D eigenvalue weighted by Gasteiger charge is 2.49. The Morgan fingerprint density at radius 2 is 2.06 bits per heavy atom. The fraction of sp³-hybridized carbons (Fsp3) is 0.545. The molecule has 0 atom stereocenters. The van der Waals surface area contributed by atoms with Gasteiger partial charge in [0.15, 0.2) is 5.82 Å². The van der Waals surface area contributed by atoms with Crippen molar-refractivity contribution in [2.75, 3.05) is 18.4 Å². The Morgan fingerprint density at radius 3 is 2.72 bits per heavy atom. The molecule has 5 nitrogen and oxygen atoms in total. The van der Waals surface area contributed by atoms with Gasteiger partial charge in [0.2, 0.25) is 5.91 Å². The Hall–Kier alpha value is -1.63. The van der Waals surface area contributed by atoms with E-state index in [4.69, 9.17) is 0 Å². The molecule has 0 unspecified atom stereocenters. The van der Waals surface area contributed by atoms with Gasteiger partial charge in [-0.05, 0) is 25.9 Å². The number of fused-ring (bicyclic) bond motifs is 2. The molecule has 2 aliphatic rings. The van der Waals surface area contributed by atoms with Gasteiger partial charge in [-0.3, -0.25) is 4.79 Å². The highest BCUT2D eigenvalue weighted by molar-refractivity contribution is 6.04. The minimum atomic E-state index is -2.67. The highest BCUT2D eigenvalue weighted by atomic mass is 19.3. The smallest absolute Gasteiger partial charge is 0.281 e. The lowest BCUT2D eigenvalue weighted by Gasteiger charge is -2.30. The van der Waals surface area contributed by atoms with Crippen LogP contribution in [0, 0.1) is 0 Å². The van der Waals surface area contributed by atoms with Gasteiger partial charge in [-0.25, -0.2) is 18.7 Å². The van der Waals surface area contributed by atoms with E-state index in [0.29, 0.717) is 37.4 Å². The molecular weight excluding hydrogens is 242 g/mol. The standard InChI is InChI=1S/C11H12F2N4O/c12-8(13)6-5-15-9-7(16-6)11(10(18)17-9)1-3-14-4-2-11/h5,8,14H,1-4H2,(H,15,17,18). The van der Waals surface area contributed by atoms with Crippen LogP contribution >= 0.6 is 0 Å². The second kappa shape index (κ2) is 3.94. The van der Waals surface area contributed by atoms with Crippen LogP contribution in [0.2, 0.25) is 0 Å². The molecule has 2 N–H and O–H groups in total. The highest BCUT2D eigenvalue weighted by Crippen LogP contribution is 2.42. The topological polar surface area (TPSA) is 66.9 Å². The van der Waals surface area contributed by atoms with E-state index in [0.717, 1.165) is 6.20 Å². The molecule has 1 fully saturated rings. The summed E-state index contributed by atoms with van der Waals surface area (Å²) in [7, 11) is 0. The van der Waals surface area contributed by atoms with Crippen molar-refractivity contribution < 1.29 is 13.6 Å². The van der Waals surface area contributed by atoms with E-state index in [9.17, 15) is 13.6 Å². The Bertz CT molecular complexity index is 500. The zero-order chi connectivity index (χ0) is 12.8. The maximum Gasteiger partial charge on any atom is 0.281 e. The third-order valence-corrected chi connectivity index (χ3v) is 3.59. The molecule has 7 heteroatoms. The number of rotatable bonds is 1. The lowest BCUT2D eigenvalue weighted by Crippen LogP contribution is -2.44. The van der Waals surface area contributed by atoms with E-state index in [2.05, 4.69) is 20.6 Å². The quantitative estimate of drug-likeness (QED) is 0.784. The van der Waals surface area contributed by atoms with Crippen molar-refractivity contribution in [1.82, 2.24) is 15.3 Å². The molecule has 2 aliphatic heterocycles. The number of anilines is 1. The second-order valence-electron chi connectivity index (χ2n) is 4.58. The van der Waals surface area contributed by atoms with Crippen molar-refractivity contribution in [2.45, 2.75) is 24.7 Å². The van der Waals surface area contributed by atoms with Gasteiger partial charge in [-0.2, -0.15) is 0 Å². The molecular formula is C11H12F2N4O. The number of carbonyl (C=O) groups is 1. The number of amides is 1. The summed E-state index contributed by atoms with van der Waals surface area (Å²) in [5, 5.41) is 5.79. The van der Waals surface area contributed by atoms with E-state index in [1.165, 1.54) is 0 Å². The van der Waals surface area contributed by atoms with Gasteiger partial charge in [-0.15, -0.1) is 0 Å². The van der Waals surface area contributed by atoms with Crippen LogP contribution in [0.1, 0.15) is 30.7 Å². The first-order chi connectivity index (χ1) is 8.63.